The van der Waals surface area contributed by atoms with Gasteiger partial charge in [0.15, 0.2) is 11.5 Å². The highest BCUT2D eigenvalue weighted by molar-refractivity contribution is 5.84. The minimum atomic E-state index is -0.883. The Balaban J connectivity index is 1.63. The normalized spacial score (nSPS) is 18.7. The van der Waals surface area contributed by atoms with E-state index in [2.05, 4.69) is 5.32 Å². The molecule has 0 radical (unpaired) electrons. The fourth-order valence-electron chi connectivity index (χ4n) is 3.74. The second-order valence-electron chi connectivity index (χ2n) is 7.31. The van der Waals surface area contributed by atoms with Gasteiger partial charge >= 0.3 is 5.97 Å². The van der Waals surface area contributed by atoms with Crippen molar-refractivity contribution in [2.24, 2.45) is 11.8 Å². The molecular formula is C23H27NO5. The summed E-state index contributed by atoms with van der Waals surface area (Å²) >= 11 is 0. The minimum Gasteiger partial charge on any atom is -0.493 e. The van der Waals surface area contributed by atoms with E-state index in [1.54, 1.807) is 7.11 Å². The third-order valence-corrected chi connectivity index (χ3v) is 5.35. The van der Waals surface area contributed by atoms with Crippen molar-refractivity contribution >= 4 is 11.9 Å². The van der Waals surface area contributed by atoms with Crippen molar-refractivity contribution in [2.75, 3.05) is 7.11 Å². The lowest BCUT2D eigenvalue weighted by atomic mass is 9.78. The van der Waals surface area contributed by atoms with E-state index in [-0.39, 0.29) is 5.91 Å². The van der Waals surface area contributed by atoms with Crippen LogP contribution in [0.4, 0.5) is 0 Å². The summed E-state index contributed by atoms with van der Waals surface area (Å²) in [5, 5.41) is 12.3. The van der Waals surface area contributed by atoms with Gasteiger partial charge < -0.3 is 19.9 Å². The van der Waals surface area contributed by atoms with Crippen molar-refractivity contribution in [2.45, 2.75) is 38.8 Å². The van der Waals surface area contributed by atoms with E-state index in [4.69, 9.17) is 9.47 Å². The third-order valence-electron chi connectivity index (χ3n) is 5.35. The first-order valence-corrected chi connectivity index (χ1v) is 9.92. The average Bonchev–Trinajstić information content (AvgIpc) is 2.76. The van der Waals surface area contributed by atoms with Crippen LogP contribution in [-0.4, -0.2) is 24.1 Å². The predicted octanol–water partition coefficient (Wildman–Crippen LogP) is 3.78. The van der Waals surface area contributed by atoms with Crippen LogP contribution in [0.3, 0.4) is 0 Å². The zero-order valence-corrected chi connectivity index (χ0v) is 16.6. The molecule has 1 aliphatic rings. The number of carbonyl (C=O) groups excluding carboxylic acids is 1. The number of hydrogen-bond acceptors (Lipinski definition) is 4. The molecule has 1 aliphatic carbocycles. The van der Waals surface area contributed by atoms with Crippen LogP contribution in [0, 0.1) is 11.8 Å². The number of carboxylic acids is 1. The first-order chi connectivity index (χ1) is 14.1. The summed E-state index contributed by atoms with van der Waals surface area (Å²) in [4.78, 5) is 24.0. The largest absolute Gasteiger partial charge is 0.493 e. The maximum Gasteiger partial charge on any atom is 0.307 e. The smallest absolute Gasteiger partial charge is 0.307 e. The Bertz CT molecular complexity index is 836. The van der Waals surface area contributed by atoms with Crippen molar-refractivity contribution in [3.8, 4) is 11.5 Å². The number of benzene rings is 2. The highest BCUT2D eigenvalue weighted by Gasteiger charge is 2.35. The topological polar surface area (TPSA) is 84.9 Å². The van der Waals surface area contributed by atoms with Gasteiger partial charge in [-0.1, -0.05) is 49.2 Å². The zero-order valence-electron chi connectivity index (χ0n) is 16.6. The molecule has 2 N–H and O–H groups in total. The van der Waals surface area contributed by atoms with Crippen LogP contribution in [0.15, 0.2) is 48.5 Å². The number of hydrogen-bond donors (Lipinski definition) is 2. The zero-order chi connectivity index (χ0) is 20.6. The molecule has 2 aromatic carbocycles. The van der Waals surface area contributed by atoms with E-state index in [1.165, 1.54) is 0 Å². The summed E-state index contributed by atoms with van der Waals surface area (Å²) in [6.07, 6.45) is 2.94. The molecule has 2 unspecified atom stereocenters. The molecule has 6 heteroatoms. The van der Waals surface area contributed by atoms with Crippen LogP contribution in [0.2, 0.25) is 0 Å². The fraction of sp³-hybridized carbons (Fsp3) is 0.391. The van der Waals surface area contributed by atoms with E-state index < -0.39 is 17.8 Å². The van der Waals surface area contributed by atoms with E-state index in [9.17, 15) is 14.7 Å². The van der Waals surface area contributed by atoms with E-state index >= 15 is 0 Å². The van der Waals surface area contributed by atoms with Crippen molar-refractivity contribution in [1.82, 2.24) is 5.32 Å². The minimum absolute atomic E-state index is 0.195. The summed E-state index contributed by atoms with van der Waals surface area (Å²) in [5.74, 6) is -0.915. The molecule has 29 heavy (non-hydrogen) atoms. The standard InChI is InChI=1S/C23H27NO5/c1-28-20-12-11-17(13-21(20)29-15-16-7-3-2-4-8-16)14-24-22(25)18-9-5-6-10-19(18)23(26)27/h2-4,7-8,11-13,18-19H,5-6,9-10,14-15H2,1H3,(H,24,25)(H,26,27). The first kappa shape index (κ1) is 20.7. The highest BCUT2D eigenvalue weighted by Crippen LogP contribution is 2.31. The number of amides is 1. The van der Waals surface area contributed by atoms with Crippen LogP contribution in [0.1, 0.15) is 36.8 Å². The van der Waals surface area contributed by atoms with E-state index in [0.717, 1.165) is 24.0 Å². The van der Waals surface area contributed by atoms with Crippen molar-refractivity contribution < 1.29 is 24.2 Å². The Morgan fingerprint density at radius 1 is 1.00 bits per heavy atom. The van der Waals surface area contributed by atoms with E-state index in [0.29, 0.717) is 37.5 Å². The lowest BCUT2D eigenvalue weighted by Crippen LogP contribution is -2.39. The third kappa shape index (κ3) is 5.50. The molecule has 0 spiro atoms. The van der Waals surface area contributed by atoms with Gasteiger partial charge in [0.2, 0.25) is 5.91 Å². The molecule has 0 aromatic heterocycles. The number of ether oxygens (including phenoxy) is 2. The molecule has 0 aliphatic heterocycles. The van der Waals surface area contributed by atoms with E-state index in [1.807, 2.05) is 48.5 Å². The Kier molecular flexibility index (Phi) is 7.11. The monoisotopic (exact) mass is 397 g/mol. The van der Waals surface area contributed by atoms with Gasteiger partial charge in [0.1, 0.15) is 6.61 Å². The van der Waals surface area contributed by atoms with Gasteiger partial charge in [-0.15, -0.1) is 0 Å². The molecule has 0 heterocycles. The lowest BCUT2D eigenvalue weighted by molar-refractivity contribution is -0.148. The molecular weight excluding hydrogens is 370 g/mol. The second kappa shape index (κ2) is 9.96. The Morgan fingerprint density at radius 2 is 1.72 bits per heavy atom. The van der Waals surface area contributed by atoms with Gasteiger partial charge in [0.05, 0.1) is 18.9 Å². The predicted molar refractivity (Wildman–Crippen MR) is 109 cm³/mol. The number of nitrogens with one attached hydrogen (secondary N) is 1. The molecule has 6 nitrogen and oxygen atoms in total. The number of rotatable bonds is 8. The van der Waals surface area contributed by atoms with Crippen LogP contribution < -0.4 is 14.8 Å². The molecule has 1 amide bonds. The van der Waals surface area contributed by atoms with Crippen molar-refractivity contribution in [1.29, 1.82) is 0 Å². The molecule has 2 atom stereocenters. The summed E-state index contributed by atoms with van der Waals surface area (Å²) in [6.45, 7) is 0.725. The van der Waals surface area contributed by atoms with Gasteiger partial charge in [-0.25, -0.2) is 0 Å². The van der Waals surface area contributed by atoms with Gasteiger partial charge in [-0.05, 0) is 36.1 Å². The van der Waals surface area contributed by atoms with Crippen LogP contribution in [-0.2, 0) is 22.7 Å². The van der Waals surface area contributed by atoms with Crippen molar-refractivity contribution in [3.63, 3.8) is 0 Å². The maximum absolute atomic E-state index is 12.6. The maximum atomic E-state index is 12.6. The van der Waals surface area contributed by atoms with Gasteiger partial charge in [-0.2, -0.15) is 0 Å². The molecule has 3 rings (SSSR count). The Labute approximate surface area is 170 Å². The number of methoxy groups -OCH3 is 1. The summed E-state index contributed by atoms with van der Waals surface area (Å²) in [6, 6.07) is 15.4. The molecule has 0 saturated heterocycles. The van der Waals surface area contributed by atoms with Gasteiger partial charge in [0.25, 0.3) is 0 Å². The number of carbonyl (C=O) groups is 2. The first-order valence-electron chi connectivity index (χ1n) is 9.92. The second-order valence-corrected chi connectivity index (χ2v) is 7.31. The summed E-state index contributed by atoms with van der Waals surface area (Å²) in [5.41, 5.74) is 1.91. The Hall–Kier alpha value is -3.02. The molecule has 154 valence electrons. The summed E-state index contributed by atoms with van der Waals surface area (Å²) in [7, 11) is 1.58. The van der Waals surface area contributed by atoms with Crippen LogP contribution >= 0.6 is 0 Å². The highest BCUT2D eigenvalue weighted by atomic mass is 16.5. The SMILES string of the molecule is COc1ccc(CNC(=O)C2CCCCC2C(=O)O)cc1OCc1ccccc1. The van der Waals surface area contributed by atoms with Crippen LogP contribution in [0.25, 0.3) is 0 Å². The number of aliphatic carboxylic acids is 1. The molecule has 0 bridgehead atoms. The quantitative estimate of drug-likeness (QED) is 0.708. The Morgan fingerprint density at radius 3 is 2.41 bits per heavy atom. The lowest BCUT2D eigenvalue weighted by Gasteiger charge is -2.27. The summed E-state index contributed by atoms with van der Waals surface area (Å²) < 4.78 is 11.3. The molecule has 1 saturated carbocycles. The number of carboxylic acid groups (broad SMARTS) is 1. The van der Waals surface area contributed by atoms with Gasteiger partial charge in [0, 0.05) is 6.54 Å². The van der Waals surface area contributed by atoms with Gasteiger partial charge in [-0.3, -0.25) is 9.59 Å². The molecule has 2 aromatic rings. The van der Waals surface area contributed by atoms with Crippen LogP contribution in [0.5, 0.6) is 11.5 Å². The average molecular weight is 397 g/mol. The fourth-order valence-corrected chi connectivity index (χ4v) is 3.74. The van der Waals surface area contributed by atoms with Crippen molar-refractivity contribution in [3.05, 3.63) is 59.7 Å². The molecule has 1 fully saturated rings.